The Labute approximate surface area is 106 Å². The van der Waals surface area contributed by atoms with E-state index in [1.54, 1.807) is 0 Å². The van der Waals surface area contributed by atoms with Gasteiger partial charge in [-0.3, -0.25) is 4.90 Å². The lowest BCUT2D eigenvalue weighted by Crippen LogP contribution is -2.36. The van der Waals surface area contributed by atoms with E-state index in [-0.39, 0.29) is 0 Å². The van der Waals surface area contributed by atoms with E-state index in [1.165, 1.54) is 65.1 Å². The highest BCUT2D eigenvalue weighted by atomic mass is 15.2. The summed E-state index contributed by atoms with van der Waals surface area (Å²) < 4.78 is 0. The van der Waals surface area contributed by atoms with Crippen LogP contribution in [-0.2, 0) is 0 Å². The molecule has 3 fully saturated rings. The lowest BCUT2D eigenvalue weighted by Gasteiger charge is -2.27. The number of nitrogens with zero attached hydrogens (tertiary/aromatic N) is 2. The van der Waals surface area contributed by atoms with Crippen molar-refractivity contribution < 1.29 is 0 Å². The molecule has 0 aromatic carbocycles. The Balaban J connectivity index is 1.54. The summed E-state index contributed by atoms with van der Waals surface area (Å²) in [5, 5.41) is 3.54. The van der Waals surface area contributed by atoms with Gasteiger partial charge in [-0.15, -0.1) is 0 Å². The van der Waals surface area contributed by atoms with E-state index in [4.69, 9.17) is 0 Å². The van der Waals surface area contributed by atoms with Crippen molar-refractivity contribution in [2.75, 3.05) is 45.8 Å². The molecule has 0 amide bonds. The van der Waals surface area contributed by atoms with Gasteiger partial charge in [-0.2, -0.15) is 0 Å². The summed E-state index contributed by atoms with van der Waals surface area (Å²) in [7, 11) is 0. The Morgan fingerprint density at radius 3 is 2.53 bits per heavy atom. The van der Waals surface area contributed by atoms with E-state index in [2.05, 4.69) is 22.0 Å². The Morgan fingerprint density at radius 2 is 1.82 bits per heavy atom. The van der Waals surface area contributed by atoms with Crippen LogP contribution in [-0.4, -0.2) is 61.7 Å². The number of hydrogen-bond donors (Lipinski definition) is 1. The first-order valence-corrected chi connectivity index (χ1v) is 7.54. The molecular weight excluding hydrogens is 210 g/mol. The molecule has 3 atom stereocenters. The molecule has 1 N–H and O–H groups in total. The molecule has 0 aromatic rings. The number of fused-ring (bicyclic) bond motifs is 1. The zero-order chi connectivity index (χ0) is 11.7. The SMILES string of the molecule is CCN1CCCC(N2C[C@H]3CNC[C@H]3C2)CC1. The predicted octanol–water partition coefficient (Wildman–Crippen LogP) is 1.01. The molecule has 0 aliphatic carbocycles. The molecule has 0 saturated carbocycles. The van der Waals surface area contributed by atoms with Crippen molar-refractivity contribution in [1.82, 2.24) is 15.1 Å². The summed E-state index contributed by atoms with van der Waals surface area (Å²) in [5.74, 6) is 1.92. The molecule has 3 saturated heterocycles. The largest absolute Gasteiger partial charge is 0.316 e. The molecule has 3 aliphatic heterocycles. The molecule has 3 nitrogen and oxygen atoms in total. The second-order valence-corrected chi connectivity index (χ2v) is 6.15. The predicted molar refractivity (Wildman–Crippen MR) is 71.2 cm³/mol. The van der Waals surface area contributed by atoms with Crippen LogP contribution in [0, 0.1) is 11.8 Å². The van der Waals surface area contributed by atoms with Crippen molar-refractivity contribution >= 4 is 0 Å². The van der Waals surface area contributed by atoms with E-state index >= 15 is 0 Å². The van der Waals surface area contributed by atoms with Crippen LogP contribution in [0.5, 0.6) is 0 Å². The number of rotatable bonds is 2. The van der Waals surface area contributed by atoms with Gasteiger partial charge in [-0.1, -0.05) is 6.92 Å². The van der Waals surface area contributed by atoms with Gasteiger partial charge in [0.2, 0.25) is 0 Å². The first kappa shape index (κ1) is 11.9. The van der Waals surface area contributed by atoms with Crippen LogP contribution in [0.15, 0.2) is 0 Å². The Bertz CT molecular complexity index is 244. The molecule has 1 unspecified atom stereocenters. The maximum Gasteiger partial charge on any atom is 0.0108 e. The van der Waals surface area contributed by atoms with Gasteiger partial charge in [0, 0.05) is 19.1 Å². The Kier molecular flexibility index (Phi) is 3.69. The maximum absolute atomic E-state index is 3.54. The van der Waals surface area contributed by atoms with Crippen LogP contribution in [0.1, 0.15) is 26.2 Å². The van der Waals surface area contributed by atoms with Crippen LogP contribution >= 0.6 is 0 Å². The van der Waals surface area contributed by atoms with Crippen LogP contribution in [0.4, 0.5) is 0 Å². The zero-order valence-corrected chi connectivity index (χ0v) is 11.2. The summed E-state index contributed by atoms with van der Waals surface area (Å²) in [4.78, 5) is 5.44. The highest BCUT2D eigenvalue weighted by Crippen LogP contribution is 2.30. The molecule has 98 valence electrons. The van der Waals surface area contributed by atoms with Gasteiger partial charge in [-0.05, 0) is 63.8 Å². The van der Waals surface area contributed by atoms with Crippen LogP contribution < -0.4 is 5.32 Å². The minimum absolute atomic E-state index is 0.886. The summed E-state index contributed by atoms with van der Waals surface area (Å²) in [6.45, 7) is 11.5. The second-order valence-electron chi connectivity index (χ2n) is 6.15. The minimum Gasteiger partial charge on any atom is -0.316 e. The highest BCUT2D eigenvalue weighted by molar-refractivity contribution is 4.94. The molecule has 3 rings (SSSR count). The first-order chi connectivity index (χ1) is 8.36. The number of hydrogen-bond acceptors (Lipinski definition) is 3. The van der Waals surface area contributed by atoms with Gasteiger partial charge >= 0.3 is 0 Å². The standard InChI is InChI=1S/C14H27N3/c1-2-16-6-3-4-14(5-7-16)17-10-12-8-15-9-13(12)11-17/h12-15H,2-11H2,1H3/t12-,13+,14?. The smallest absolute Gasteiger partial charge is 0.0108 e. The van der Waals surface area contributed by atoms with Gasteiger partial charge in [-0.25, -0.2) is 0 Å². The van der Waals surface area contributed by atoms with Crippen molar-refractivity contribution in [2.24, 2.45) is 11.8 Å². The molecular formula is C14H27N3. The molecule has 0 bridgehead atoms. The van der Waals surface area contributed by atoms with Crippen LogP contribution in [0.25, 0.3) is 0 Å². The molecule has 3 heterocycles. The molecule has 3 aliphatic rings. The normalized spacial score (nSPS) is 40.4. The van der Waals surface area contributed by atoms with Gasteiger partial charge in [0.05, 0.1) is 0 Å². The van der Waals surface area contributed by atoms with Crippen molar-refractivity contribution in [3.05, 3.63) is 0 Å². The Hall–Kier alpha value is -0.120. The first-order valence-electron chi connectivity index (χ1n) is 7.54. The fourth-order valence-electron chi connectivity index (χ4n) is 4.01. The van der Waals surface area contributed by atoms with E-state index < -0.39 is 0 Å². The monoisotopic (exact) mass is 237 g/mol. The van der Waals surface area contributed by atoms with E-state index in [1.807, 2.05) is 0 Å². The third-order valence-corrected chi connectivity index (χ3v) is 5.17. The fourth-order valence-corrected chi connectivity index (χ4v) is 4.01. The lowest BCUT2D eigenvalue weighted by atomic mass is 10.0. The van der Waals surface area contributed by atoms with Gasteiger partial charge < -0.3 is 10.2 Å². The molecule has 0 aromatic heterocycles. The van der Waals surface area contributed by atoms with Crippen molar-refractivity contribution in [2.45, 2.75) is 32.2 Å². The molecule has 0 spiro atoms. The third kappa shape index (κ3) is 2.51. The average molecular weight is 237 g/mol. The van der Waals surface area contributed by atoms with E-state index in [0.717, 1.165) is 17.9 Å². The number of likely N-dealkylation sites (tertiary alicyclic amines) is 2. The van der Waals surface area contributed by atoms with Crippen LogP contribution in [0.3, 0.4) is 0 Å². The average Bonchev–Trinajstić information content (AvgIpc) is 2.83. The molecule has 17 heavy (non-hydrogen) atoms. The van der Waals surface area contributed by atoms with Crippen molar-refractivity contribution in [3.8, 4) is 0 Å². The van der Waals surface area contributed by atoms with Crippen molar-refractivity contribution in [1.29, 1.82) is 0 Å². The lowest BCUT2D eigenvalue weighted by molar-refractivity contribution is 0.203. The summed E-state index contributed by atoms with van der Waals surface area (Å²) in [6, 6.07) is 0.886. The van der Waals surface area contributed by atoms with Gasteiger partial charge in [0.25, 0.3) is 0 Å². The highest BCUT2D eigenvalue weighted by Gasteiger charge is 2.38. The zero-order valence-electron chi connectivity index (χ0n) is 11.2. The van der Waals surface area contributed by atoms with E-state index in [0.29, 0.717) is 0 Å². The van der Waals surface area contributed by atoms with Crippen LogP contribution in [0.2, 0.25) is 0 Å². The Morgan fingerprint density at radius 1 is 1.06 bits per heavy atom. The maximum atomic E-state index is 3.54. The fraction of sp³-hybridized carbons (Fsp3) is 1.00. The van der Waals surface area contributed by atoms with Gasteiger partial charge in [0.1, 0.15) is 0 Å². The molecule has 0 radical (unpaired) electrons. The molecule has 3 heteroatoms. The quantitative estimate of drug-likeness (QED) is 0.773. The second kappa shape index (κ2) is 5.25. The summed E-state index contributed by atoms with van der Waals surface area (Å²) >= 11 is 0. The topological polar surface area (TPSA) is 18.5 Å². The van der Waals surface area contributed by atoms with Gasteiger partial charge in [0.15, 0.2) is 0 Å². The summed E-state index contributed by atoms with van der Waals surface area (Å²) in [6.07, 6.45) is 4.24. The van der Waals surface area contributed by atoms with E-state index in [9.17, 15) is 0 Å². The third-order valence-electron chi connectivity index (χ3n) is 5.17. The number of nitrogens with one attached hydrogen (secondary N) is 1. The summed E-state index contributed by atoms with van der Waals surface area (Å²) in [5.41, 5.74) is 0. The van der Waals surface area contributed by atoms with Crippen molar-refractivity contribution in [3.63, 3.8) is 0 Å². The minimum atomic E-state index is 0.886.